The molecule has 2 heterocycles. The number of aromatic nitrogens is 3. The minimum absolute atomic E-state index is 0.752. The molecule has 0 aromatic carbocycles. The number of rotatable bonds is 3. The van der Waals surface area contributed by atoms with Gasteiger partial charge in [-0.3, -0.25) is 0 Å². The van der Waals surface area contributed by atoms with Gasteiger partial charge in [0, 0.05) is 5.75 Å². The molecule has 0 bridgehead atoms. The predicted molar refractivity (Wildman–Crippen MR) is 51.9 cm³/mol. The second-order valence-electron chi connectivity index (χ2n) is 3.19. The van der Waals surface area contributed by atoms with Crippen LogP contribution in [0.15, 0.2) is 11.5 Å². The lowest BCUT2D eigenvalue weighted by Crippen LogP contribution is -2.12. The van der Waals surface area contributed by atoms with Crippen LogP contribution in [-0.4, -0.2) is 33.7 Å². The molecule has 72 valence electrons. The molecule has 3 N–H and O–H groups in total. The van der Waals surface area contributed by atoms with E-state index in [4.69, 9.17) is 5.84 Å². The average molecular weight is 199 g/mol. The van der Waals surface area contributed by atoms with Gasteiger partial charge in [0.25, 0.3) is 0 Å². The largest absolute Gasteiger partial charge is 0.336 e. The van der Waals surface area contributed by atoms with Gasteiger partial charge in [-0.1, -0.05) is 11.8 Å². The van der Waals surface area contributed by atoms with Crippen LogP contribution in [-0.2, 0) is 0 Å². The molecule has 6 heteroatoms. The van der Waals surface area contributed by atoms with Crippen molar-refractivity contribution < 1.29 is 0 Å². The second kappa shape index (κ2) is 3.97. The second-order valence-corrected chi connectivity index (χ2v) is 4.18. The molecule has 1 saturated heterocycles. The van der Waals surface area contributed by atoms with Gasteiger partial charge in [-0.15, -0.1) is 10.2 Å². The van der Waals surface area contributed by atoms with Gasteiger partial charge >= 0.3 is 0 Å². The van der Waals surface area contributed by atoms with Crippen LogP contribution < -0.4 is 11.2 Å². The maximum atomic E-state index is 5.58. The lowest BCUT2D eigenvalue weighted by Gasteiger charge is -2.05. The molecule has 5 nitrogen and oxygen atoms in total. The van der Waals surface area contributed by atoms with Crippen molar-refractivity contribution in [1.82, 2.24) is 20.2 Å². The Balaban J connectivity index is 1.82. The Bertz CT molecular complexity index is 268. The van der Waals surface area contributed by atoms with E-state index in [1.165, 1.54) is 17.4 Å². The van der Waals surface area contributed by atoms with Gasteiger partial charge in [0.1, 0.15) is 6.33 Å². The van der Waals surface area contributed by atoms with Gasteiger partial charge < -0.3 is 11.2 Å². The molecule has 1 aromatic rings. The molecule has 0 amide bonds. The van der Waals surface area contributed by atoms with Crippen molar-refractivity contribution in [3.05, 3.63) is 6.33 Å². The standard InChI is InChI=1S/C7H13N5S/c8-12-5-10-11-7(12)13-4-6-1-2-9-3-6/h5-6,9H,1-4,8H2. The number of hydrogen-bond acceptors (Lipinski definition) is 5. The van der Waals surface area contributed by atoms with Gasteiger partial charge in [0.15, 0.2) is 0 Å². The summed E-state index contributed by atoms with van der Waals surface area (Å²) in [5.41, 5.74) is 0. The molecule has 1 aromatic heterocycles. The number of nitrogens with zero attached hydrogens (tertiary/aromatic N) is 3. The smallest absolute Gasteiger partial charge is 0.209 e. The Kier molecular flexibility index (Phi) is 2.70. The van der Waals surface area contributed by atoms with E-state index >= 15 is 0 Å². The highest BCUT2D eigenvalue weighted by Gasteiger charge is 2.15. The van der Waals surface area contributed by atoms with E-state index in [0.717, 1.165) is 29.9 Å². The Morgan fingerprint density at radius 3 is 3.31 bits per heavy atom. The van der Waals surface area contributed by atoms with Crippen LogP contribution in [0.3, 0.4) is 0 Å². The monoisotopic (exact) mass is 199 g/mol. The van der Waals surface area contributed by atoms with Gasteiger partial charge in [-0.2, -0.15) is 0 Å². The third kappa shape index (κ3) is 2.13. The van der Waals surface area contributed by atoms with Crippen LogP contribution in [0.5, 0.6) is 0 Å². The van der Waals surface area contributed by atoms with Crippen LogP contribution in [0.2, 0.25) is 0 Å². The van der Waals surface area contributed by atoms with Gasteiger partial charge in [0.05, 0.1) is 0 Å². The molecule has 0 radical (unpaired) electrons. The number of nitrogens with one attached hydrogen (secondary N) is 1. The van der Waals surface area contributed by atoms with E-state index in [1.54, 1.807) is 11.8 Å². The minimum atomic E-state index is 0.752. The van der Waals surface area contributed by atoms with Crippen LogP contribution in [0.4, 0.5) is 0 Å². The molecule has 0 saturated carbocycles. The van der Waals surface area contributed by atoms with Crippen LogP contribution in [0.1, 0.15) is 6.42 Å². The van der Waals surface area contributed by atoms with Gasteiger partial charge in [0.2, 0.25) is 5.16 Å². The van der Waals surface area contributed by atoms with Crippen LogP contribution in [0, 0.1) is 5.92 Å². The minimum Gasteiger partial charge on any atom is -0.336 e. The van der Waals surface area contributed by atoms with Crippen LogP contribution in [0.25, 0.3) is 0 Å². The highest BCUT2D eigenvalue weighted by Crippen LogP contribution is 2.20. The predicted octanol–water partition coefficient (Wildman–Crippen LogP) is -0.307. The third-order valence-electron chi connectivity index (χ3n) is 2.15. The van der Waals surface area contributed by atoms with Crippen molar-refractivity contribution >= 4 is 11.8 Å². The molecule has 0 aliphatic carbocycles. The summed E-state index contributed by atoms with van der Waals surface area (Å²) in [6.45, 7) is 2.26. The highest BCUT2D eigenvalue weighted by molar-refractivity contribution is 7.99. The van der Waals surface area contributed by atoms with Crippen molar-refractivity contribution in [2.75, 3.05) is 24.7 Å². The van der Waals surface area contributed by atoms with E-state index in [2.05, 4.69) is 15.5 Å². The van der Waals surface area contributed by atoms with Crippen molar-refractivity contribution in [3.8, 4) is 0 Å². The highest BCUT2D eigenvalue weighted by atomic mass is 32.2. The molecule has 1 unspecified atom stereocenters. The van der Waals surface area contributed by atoms with E-state index in [1.807, 2.05) is 0 Å². The van der Waals surface area contributed by atoms with E-state index in [-0.39, 0.29) is 0 Å². The number of hydrogen-bond donors (Lipinski definition) is 2. The number of thioether (sulfide) groups is 1. The molecule has 2 rings (SSSR count). The van der Waals surface area contributed by atoms with Crippen molar-refractivity contribution in [3.63, 3.8) is 0 Å². The maximum absolute atomic E-state index is 5.58. The quantitative estimate of drug-likeness (QED) is 0.516. The fraction of sp³-hybridized carbons (Fsp3) is 0.714. The zero-order valence-corrected chi connectivity index (χ0v) is 8.13. The fourth-order valence-corrected chi connectivity index (χ4v) is 2.35. The normalized spacial score (nSPS) is 22.3. The summed E-state index contributed by atoms with van der Waals surface area (Å²) < 4.78 is 1.47. The first-order valence-corrected chi connectivity index (χ1v) is 5.33. The lowest BCUT2D eigenvalue weighted by atomic mass is 10.2. The number of nitrogens with two attached hydrogens (primary N) is 1. The molecule has 0 spiro atoms. The Hall–Kier alpha value is -0.750. The molecule has 1 fully saturated rings. The SMILES string of the molecule is Nn1cnnc1SCC1CCNC1. The first-order valence-electron chi connectivity index (χ1n) is 4.35. The molecule has 1 aliphatic heterocycles. The Labute approximate surface area is 81.1 Å². The summed E-state index contributed by atoms with van der Waals surface area (Å²) in [4.78, 5) is 0. The topological polar surface area (TPSA) is 68.8 Å². The maximum Gasteiger partial charge on any atom is 0.209 e. The fourth-order valence-electron chi connectivity index (χ4n) is 1.38. The Morgan fingerprint density at radius 1 is 1.77 bits per heavy atom. The molecule has 1 atom stereocenters. The molecular formula is C7H13N5S. The lowest BCUT2D eigenvalue weighted by molar-refractivity contribution is 0.660. The van der Waals surface area contributed by atoms with Crippen LogP contribution >= 0.6 is 11.8 Å². The first-order chi connectivity index (χ1) is 6.36. The average Bonchev–Trinajstić information content (AvgIpc) is 2.72. The summed E-state index contributed by atoms with van der Waals surface area (Å²) in [6.07, 6.45) is 2.78. The zero-order chi connectivity index (χ0) is 9.10. The first kappa shape index (κ1) is 8.83. The summed E-state index contributed by atoms with van der Waals surface area (Å²) in [5.74, 6) is 7.40. The van der Waals surface area contributed by atoms with E-state index in [0.29, 0.717) is 0 Å². The number of nitrogen functional groups attached to an aromatic ring is 1. The summed E-state index contributed by atoms with van der Waals surface area (Å²) in [5, 5.41) is 11.8. The molecular weight excluding hydrogens is 186 g/mol. The van der Waals surface area contributed by atoms with E-state index < -0.39 is 0 Å². The van der Waals surface area contributed by atoms with E-state index in [9.17, 15) is 0 Å². The van der Waals surface area contributed by atoms with Crippen molar-refractivity contribution in [1.29, 1.82) is 0 Å². The summed E-state index contributed by atoms with van der Waals surface area (Å²) in [7, 11) is 0. The van der Waals surface area contributed by atoms with Crippen molar-refractivity contribution in [2.45, 2.75) is 11.6 Å². The van der Waals surface area contributed by atoms with Gasteiger partial charge in [-0.05, 0) is 25.4 Å². The zero-order valence-electron chi connectivity index (χ0n) is 7.31. The molecule has 1 aliphatic rings. The van der Waals surface area contributed by atoms with Gasteiger partial charge in [-0.25, -0.2) is 4.68 Å². The van der Waals surface area contributed by atoms with Crippen molar-refractivity contribution in [2.24, 2.45) is 5.92 Å². The Morgan fingerprint density at radius 2 is 2.69 bits per heavy atom. The third-order valence-corrected chi connectivity index (χ3v) is 3.34. The summed E-state index contributed by atoms with van der Waals surface area (Å²) >= 11 is 1.68. The summed E-state index contributed by atoms with van der Waals surface area (Å²) in [6, 6.07) is 0. The molecule has 13 heavy (non-hydrogen) atoms.